The van der Waals surface area contributed by atoms with Crippen LogP contribution in [0.2, 0.25) is 0 Å². The summed E-state index contributed by atoms with van der Waals surface area (Å²) in [6.45, 7) is 8.22. The van der Waals surface area contributed by atoms with Gasteiger partial charge in [0.1, 0.15) is 17.2 Å². The smallest absolute Gasteiger partial charge is 0.410 e. The minimum Gasteiger partial charge on any atom is -0.493 e. The summed E-state index contributed by atoms with van der Waals surface area (Å²) >= 11 is 0. The van der Waals surface area contributed by atoms with E-state index >= 15 is 0 Å². The second-order valence-corrected chi connectivity index (χ2v) is 10.8. The average Bonchev–Trinajstić information content (AvgIpc) is 3.43. The van der Waals surface area contributed by atoms with Gasteiger partial charge in [-0.25, -0.2) is 9.18 Å². The van der Waals surface area contributed by atoms with Gasteiger partial charge in [0, 0.05) is 44.0 Å². The lowest BCUT2D eigenvalue weighted by Crippen LogP contribution is -2.44. The first-order valence-electron chi connectivity index (χ1n) is 13.6. The number of hydrogen-bond donors (Lipinski definition) is 1. The normalized spacial score (nSPS) is 15.8. The van der Waals surface area contributed by atoms with E-state index in [1.54, 1.807) is 35.5 Å². The molecule has 0 saturated carbocycles. The van der Waals surface area contributed by atoms with Crippen LogP contribution in [0.5, 0.6) is 17.2 Å². The molecule has 10 heteroatoms. The van der Waals surface area contributed by atoms with E-state index in [2.05, 4.69) is 10.3 Å². The third-order valence-electron chi connectivity index (χ3n) is 6.29. The first-order chi connectivity index (χ1) is 19.7. The molecule has 0 radical (unpaired) electrons. The van der Waals surface area contributed by atoms with Crippen LogP contribution in [0, 0.1) is 11.7 Å². The summed E-state index contributed by atoms with van der Waals surface area (Å²) in [6, 6.07) is 15.1. The number of nitrogens with zero attached hydrogens (tertiary/aromatic N) is 2. The molecule has 0 bridgehead atoms. The Hall–Kier alpha value is -4.34. The van der Waals surface area contributed by atoms with Crippen molar-refractivity contribution in [3.05, 3.63) is 83.9 Å². The number of hydrogen-bond acceptors (Lipinski definition) is 7. The van der Waals surface area contributed by atoms with Gasteiger partial charge < -0.3 is 29.2 Å². The van der Waals surface area contributed by atoms with Gasteiger partial charge in [0.25, 0.3) is 5.91 Å². The van der Waals surface area contributed by atoms with Gasteiger partial charge in [0.05, 0.1) is 12.2 Å². The lowest BCUT2D eigenvalue weighted by Gasteiger charge is -2.34. The van der Waals surface area contributed by atoms with Gasteiger partial charge in [-0.15, -0.1) is 0 Å². The summed E-state index contributed by atoms with van der Waals surface area (Å²) in [5.41, 5.74) is 0.459. The number of amides is 2. The quantitative estimate of drug-likeness (QED) is 0.416. The monoisotopic (exact) mass is 565 g/mol. The maximum absolute atomic E-state index is 13.3. The Kier molecular flexibility index (Phi) is 10.00. The van der Waals surface area contributed by atoms with Gasteiger partial charge in [-0.05, 0) is 69.5 Å². The summed E-state index contributed by atoms with van der Waals surface area (Å²) in [5, 5.41) is 2.64. The number of ether oxygens (including phenoxy) is 4. The van der Waals surface area contributed by atoms with Crippen molar-refractivity contribution in [3.63, 3.8) is 0 Å². The number of pyridine rings is 1. The van der Waals surface area contributed by atoms with Crippen molar-refractivity contribution >= 4 is 12.0 Å². The lowest BCUT2D eigenvalue weighted by atomic mass is 9.99. The maximum Gasteiger partial charge on any atom is 0.410 e. The third kappa shape index (κ3) is 9.09. The SMILES string of the molecule is CC(C)(C)OC(=O)N1CCCC(COc2ccc3c(c2)OCO3)C1.O=C(NCc1cccnc1)c1ccccc1F. The van der Waals surface area contributed by atoms with Crippen molar-refractivity contribution in [2.24, 2.45) is 5.92 Å². The number of halogens is 1. The molecule has 1 N–H and O–H groups in total. The number of piperidine rings is 1. The first kappa shape index (κ1) is 29.6. The Morgan fingerprint density at radius 3 is 2.66 bits per heavy atom. The number of rotatable bonds is 6. The highest BCUT2D eigenvalue weighted by Crippen LogP contribution is 2.35. The summed E-state index contributed by atoms with van der Waals surface area (Å²) in [7, 11) is 0. The molecular formula is C31H36FN3O6. The summed E-state index contributed by atoms with van der Waals surface area (Å²) in [4.78, 5) is 29.6. The van der Waals surface area contributed by atoms with Crippen molar-refractivity contribution < 1.29 is 32.9 Å². The first-order valence-corrected chi connectivity index (χ1v) is 13.6. The third-order valence-corrected chi connectivity index (χ3v) is 6.29. The number of benzene rings is 2. The summed E-state index contributed by atoms with van der Waals surface area (Å²) in [6.07, 6.45) is 5.08. The average molecular weight is 566 g/mol. The van der Waals surface area contributed by atoms with E-state index < -0.39 is 17.3 Å². The second kappa shape index (κ2) is 13.8. The molecule has 1 fully saturated rings. The van der Waals surface area contributed by atoms with Gasteiger partial charge in [0.2, 0.25) is 6.79 Å². The molecule has 218 valence electrons. The molecule has 9 nitrogen and oxygen atoms in total. The van der Waals surface area contributed by atoms with Gasteiger partial charge >= 0.3 is 6.09 Å². The zero-order valence-corrected chi connectivity index (χ0v) is 23.6. The van der Waals surface area contributed by atoms with E-state index in [1.807, 2.05) is 45.0 Å². The molecule has 2 aromatic carbocycles. The molecule has 1 unspecified atom stereocenters. The zero-order chi connectivity index (χ0) is 29.2. The largest absolute Gasteiger partial charge is 0.493 e. The topological polar surface area (TPSA) is 99.2 Å². The van der Waals surface area contributed by atoms with Crippen LogP contribution in [0.1, 0.15) is 49.5 Å². The predicted molar refractivity (Wildman–Crippen MR) is 150 cm³/mol. The Labute approximate surface area is 239 Å². The molecule has 2 amide bonds. The standard InChI is InChI=1S/C18H25NO5.C13H11FN2O/c1-18(2,3)24-17(20)19-8-4-5-13(10-19)11-21-14-6-7-15-16(9-14)23-12-22-15;14-12-6-2-1-5-11(12)13(17)16-9-10-4-3-7-15-8-10/h6-7,9,13H,4-5,8,10-12H2,1-3H3;1-8H,9H2,(H,16,17). The number of carbonyl (C=O) groups excluding carboxylic acids is 2. The number of fused-ring (bicyclic) bond motifs is 1. The molecule has 0 aliphatic carbocycles. The van der Waals surface area contributed by atoms with Crippen molar-refractivity contribution in [2.75, 3.05) is 26.5 Å². The van der Waals surface area contributed by atoms with Crippen molar-refractivity contribution in [2.45, 2.75) is 45.8 Å². The molecule has 3 aromatic rings. The maximum atomic E-state index is 13.3. The van der Waals surface area contributed by atoms with E-state index in [-0.39, 0.29) is 18.4 Å². The summed E-state index contributed by atoms with van der Waals surface area (Å²) < 4.78 is 35.3. The Bertz CT molecular complexity index is 1310. The molecule has 0 spiro atoms. The second-order valence-electron chi connectivity index (χ2n) is 10.8. The highest BCUT2D eigenvalue weighted by molar-refractivity contribution is 5.94. The van der Waals surface area contributed by atoms with Gasteiger partial charge in [-0.1, -0.05) is 18.2 Å². The van der Waals surface area contributed by atoms with Crippen LogP contribution in [0.3, 0.4) is 0 Å². The van der Waals surface area contributed by atoms with Crippen LogP contribution in [-0.4, -0.2) is 54.0 Å². The fraction of sp³-hybridized carbons (Fsp3) is 0.387. The Balaban J connectivity index is 0.000000201. The van der Waals surface area contributed by atoms with Gasteiger partial charge in [-0.2, -0.15) is 0 Å². The minimum atomic E-state index is -0.517. The number of aromatic nitrogens is 1. The van der Waals surface area contributed by atoms with E-state index in [0.717, 1.165) is 36.4 Å². The lowest BCUT2D eigenvalue weighted by molar-refractivity contribution is 0.0139. The fourth-order valence-electron chi connectivity index (χ4n) is 4.30. The molecule has 2 aliphatic heterocycles. The van der Waals surface area contributed by atoms with Crippen LogP contribution >= 0.6 is 0 Å². The highest BCUT2D eigenvalue weighted by Gasteiger charge is 2.28. The van der Waals surface area contributed by atoms with Crippen LogP contribution in [0.15, 0.2) is 67.0 Å². The van der Waals surface area contributed by atoms with Crippen LogP contribution in [0.4, 0.5) is 9.18 Å². The van der Waals surface area contributed by atoms with Gasteiger partial charge in [0.15, 0.2) is 11.5 Å². The molecular weight excluding hydrogens is 529 g/mol. The molecule has 1 aromatic heterocycles. The van der Waals surface area contributed by atoms with Crippen molar-refractivity contribution in [1.82, 2.24) is 15.2 Å². The van der Waals surface area contributed by atoms with Crippen molar-refractivity contribution in [1.29, 1.82) is 0 Å². The number of likely N-dealkylation sites (tertiary alicyclic amines) is 1. The molecule has 41 heavy (non-hydrogen) atoms. The molecule has 3 heterocycles. The van der Waals surface area contributed by atoms with E-state index in [0.29, 0.717) is 31.4 Å². The van der Waals surface area contributed by atoms with E-state index in [1.165, 1.54) is 12.1 Å². The molecule has 1 atom stereocenters. The van der Waals surface area contributed by atoms with Crippen molar-refractivity contribution in [3.8, 4) is 17.2 Å². The zero-order valence-electron chi connectivity index (χ0n) is 23.6. The van der Waals surface area contributed by atoms with Gasteiger partial charge in [-0.3, -0.25) is 9.78 Å². The fourth-order valence-corrected chi connectivity index (χ4v) is 4.30. The predicted octanol–water partition coefficient (Wildman–Crippen LogP) is 5.59. The summed E-state index contributed by atoms with van der Waals surface area (Å²) in [5.74, 6) is 1.58. The molecule has 5 rings (SSSR count). The van der Waals surface area contributed by atoms with Crippen LogP contribution in [-0.2, 0) is 11.3 Å². The number of nitrogens with one attached hydrogen (secondary N) is 1. The van der Waals surface area contributed by atoms with Crippen LogP contribution < -0.4 is 19.5 Å². The van der Waals surface area contributed by atoms with E-state index in [4.69, 9.17) is 18.9 Å². The molecule has 1 saturated heterocycles. The van der Waals surface area contributed by atoms with Crippen LogP contribution in [0.25, 0.3) is 0 Å². The number of carbonyl (C=O) groups is 2. The van der Waals surface area contributed by atoms with E-state index in [9.17, 15) is 14.0 Å². The Morgan fingerprint density at radius 1 is 1.10 bits per heavy atom. The molecule has 2 aliphatic rings. The minimum absolute atomic E-state index is 0.0522. The Morgan fingerprint density at radius 2 is 1.90 bits per heavy atom. The highest BCUT2D eigenvalue weighted by atomic mass is 19.1.